The smallest absolute Gasteiger partial charge is 0.264 e. The number of benzene rings is 2. The minimum Gasteiger partial charge on any atom is -0.280 e. The van der Waals surface area contributed by atoms with Gasteiger partial charge in [-0.25, -0.2) is 12.8 Å². The van der Waals surface area contributed by atoms with Crippen molar-refractivity contribution in [2.45, 2.75) is 4.90 Å². The Labute approximate surface area is 111 Å². The lowest BCUT2D eigenvalue weighted by Gasteiger charge is -2.08. The number of rotatable bonds is 4. The van der Waals surface area contributed by atoms with Crippen molar-refractivity contribution < 1.29 is 12.8 Å². The van der Waals surface area contributed by atoms with E-state index in [1.165, 1.54) is 18.2 Å². The molecule has 0 radical (unpaired) electrons. The van der Waals surface area contributed by atoms with Crippen LogP contribution in [0.4, 0.5) is 10.1 Å². The zero-order chi connectivity index (χ0) is 13.9. The molecule has 0 saturated heterocycles. The Bertz CT molecular complexity index is 694. The first-order valence-corrected chi connectivity index (χ1v) is 7.01. The minimum atomic E-state index is -3.91. The molecule has 0 unspecified atom stereocenters. The Kier molecular flexibility index (Phi) is 3.66. The Hall–Kier alpha value is -2.14. The van der Waals surface area contributed by atoms with Gasteiger partial charge in [0.05, 0.1) is 0 Å². The van der Waals surface area contributed by atoms with Crippen LogP contribution >= 0.6 is 0 Å². The van der Waals surface area contributed by atoms with Crippen LogP contribution in [0.2, 0.25) is 0 Å². The largest absolute Gasteiger partial charge is 0.280 e. The van der Waals surface area contributed by atoms with Gasteiger partial charge in [-0.3, -0.25) is 4.72 Å². The van der Waals surface area contributed by atoms with Gasteiger partial charge in [0.2, 0.25) is 0 Å². The topological polar surface area (TPSA) is 46.2 Å². The Morgan fingerprint density at radius 2 is 1.68 bits per heavy atom. The van der Waals surface area contributed by atoms with Gasteiger partial charge < -0.3 is 0 Å². The quantitative estimate of drug-likeness (QED) is 0.932. The lowest BCUT2D eigenvalue weighted by Crippen LogP contribution is -2.14. The highest BCUT2D eigenvalue weighted by Gasteiger charge is 2.18. The maximum Gasteiger partial charge on any atom is 0.264 e. The maximum atomic E-state index is 13.5. The Balaban J connectivity index is 2.31. The second-order valence-electron chi connectivity index (χ2n) is 3.86. The molecule has 98 valence electrons. The molecule has 0 heterocycles. The summed E-state index contributed by atoms with van der Waals surface area (Å²) >= 11 is 0. The predicted octanol–water partition coefficient (Wildman–Crippen LogP) is 3.27. The van der Waals surface area contributed by atoms with E-state index in [0.29, 0.717) is 5.69 Å². The van der Waals surface area contributed by atoms with Gasteiger partial charge in [-0.1, -0.05) is 36.9 Å². The molecule has 0 saturated carbocycles. The third kappa shape index (κ3) is 3.00. The van der Waals surface area contributed by atoms with E-state index in [0.717, 1.165) is 11.6 Å². The van der Waals surface area contributed by atoms with Gasteiger partial charge in [0.25, 0.3) is 10.0 Å². The van der Waals surface area contributed by atoms with Gasteiger partial charge in [0.1, 0.15) is 10.7 Å². The van der Waals surface area contributed by atoms with Crippen molar-refractivity contribution >= 4 is 21.8 Å². The molecule has 1 N–H and O–H groups in total. The highest BCUT2D eigenvalue weighted by atomic mass is 32.2. The van der Waals surface area contributed by atoms with E-state index in [4.69, 9.17) is 0 Å². The fraction of sp³-hybridized carbons (Fsp3) is 0. The maximum absolute atomic E-state index is 13.5. The van der Waals surface area contributed by atoms with E-state index in [-0.39, 0.29) is 4.90 Å². The van der Waals surface area contributed by atoms with Gasteiger partial charge in [0, 0.05) is 5.69 Å². The molecule has 2 aromatic carbocycles. The van der Waals surface area contributed by atoms with Gasteiger partial charge in [-0.15, -0.1) is 0 Å². The van der Waals surface area contributed by atoms with Crippen molar-refractivity contribution in [3.8, 4) is 0 Å². The van der Waals surface area contributed by atoms with E-state index >= 15 is 0 Å². The number of anilines is 1. The third-order valence-electron chi connectivity index (χ3n) is 2.52. The van der Waals surface area contributed by atoms with Crippen molar-refractivity contribution in [2.24, 2.45) is 0 Å². The van der Waals surface area contributed by atoms with Gasteiger partial charge in [-0.05, 0) is 29.8 Å². The first-order chi connectivity index (χ1) is 9.03. The molecular weight excluding hydrogens is 265 g/mol. The predicted molar refractivity (Wildman–Crippen MR) is 73.7 cm³/mol. The summed E-state index contributed by atoms with van der Waals surface area (Å²) < 4.78 is 39.8. The van der Waals surface area contributed by atoms with Crippen LogP contribution in [0.15, 0.2) is 60.0 Å². The van der Waals surface area contributed by atoms with E-state index in [1.807, 2.05) is 0 Å². The lowest BCUT2D eigenvalue weighted by molar-refractivity contribution is 0.570. The molecule has 3 nitrogen and oxygen atoms in total. The van der Waals surface area contributed by atoms with Crippen LogP contribution in [0.5, 0.6) is 0 Å². The zero-order valence-electron chi connectivity index (χ0n) is 10.0. The van der Waals surface area contributed by atoms with Crippen LogP contribution in [0.25, 0.3) is 6.08 Å². The zero-order valence-corrected chi connectivity index (χ0v) is 10.8. The van der Waals surface area contributed by atoms with E-state index in [1.54, 1.807) is 30.3 Å². The second kappa shape index (κ2) is 5.24. The SMILES string of the molecule is C=Cc1ccc(NS(=O)(=O)c2ccccc2F)cc1. The highest BCUT2D eigenvalue weighted by Crippen LogP contribution is 2.19. The Morgan fingerprint density at radius 3 is 2.26 bits per heavy atom. The van der Waals surface area contributed by atoms with Crippen molar-refractivity contribution in [3.63, 3.8) is 0 Å². The molecule has 2 aromatic rings. The molecule has 0 aromatic heterocycles. The standard InChI is InChI=1S/C14H12FNO2S/c1-2-11-7-9-12(10-8-11)16-19(17,18)14-6-4-3-5-13(14)15/h2-10,16H,1H2. The van der Waals surface area contributed by atoms with Crippen LogP contribution in [0, 0.1) is 5.82 Å². The van der Waals surface area contributed by atoms with Crippen LogP contribution < -0.4 is 4.72 Å². The van der Waals surface area contributed by atoms with Crippen LogP contribution in [0.3, 0.4) is 0 Å². The summed E-state index contributed by atoms with van der Waals surface area (Å²) in [5.41, 5.74) is 1.24. The molecule has 0 bridgehead atoms. The van der Waals surface area contributed by atoms with Crippen molar-refractivity contribution in [2.75, 3.05) is 4.72 Å². The highest BCUT2D eigenvalue weighted by molar-refractivity contribution is 7.92. The van der Waals surface area contributed by atoms with Crippen LogP contribution in [-0.2, 0) is 10.0 Å². The number of sulfonamides is 1. The fourth-order valence-electron chi connectivity index (χ4n) is 1.56. The van der Waals surface area contributed by atoms with E-state index < -0.39 is 15.8 Å². The van der Waals surface area contributed by atoms with Crippen LogP contribution in [0.1, 0.15) is 5.56 Å². The number of halogens is 1. The first kappa shape index (κ1) is 13.3. The second-order valence-corrected chi connectivity index (χ2v) is 5.51. The van der Waals surface area contributed by atoms with Crippen molar-refractivity contribution in [1.82, 2.24) is 0 Å². The summed E-state index contributed by atoms with van der Waals surface area (Å²) in [6.07, 6.45) is 1.65. The molecule has 0 spiro atoms. The molecule has 0 fully saturated rings. The average Bonchev–Trinajstić information content (AvgIpc) is 2.39. The number of hydrogen-bond donors (Lipinski definition) is 1. The number of nitrogens with one attached hydrogen (secondary N) is 1. The summed E-state index contributed by atoms with van der Waals surface area (Å²) in [6.45, 7) is 3.61. The molecule has 0 aliphatic rings. The molecule has 2 rings (SSSR count). The van der Waals surface area contributed by atoms with Gasteiger partial charge in [-0.2, -0.15) is 0 Å². The third-order valence-corrected chi connectivity index (χ3v) is 3.94. The van der Waals surface area contributed by atoms with Gasteiger partial charge >= 0.3 is 0 Å². The van der Waals surface area contributed by atoms with Crippen molar-refractivity contribution in [3.05, 3.63) is 66.5 Å². The molecule has 19 heavy (non-hydrogen) atoms. The molecule has 0 aliphatic heterocycles. The fourth-order valence-corrected chi connectivity index (χ4v) is 2.70. The van der Waals surface area contributed by atoms with E-state index in [9.17, 15) is 12.8 Å². The summed E-state index contributed by atoms with van der Waals surface area (Å²) in [5.74, 6) is -0.780. The summed E-state index contributed by atoms with van der Waals surface area (Å²) in [4.78, 5) is -0.372. The molecule has 0 atom stereocenters. The van der Waals surface area contributed by atoms with E-state index in [2.05, 4.69) is 11.3 Å². The molecular formula is C14H12FNO2S. The molecule has 0 aliphatic carbocycles. The summed E-state index contributed by atoms with van der Waals surface area (Å²) in [6, 6.07) is 11.8. The van der Waals surface area contributed by atoms with Gasteiger partial charge in [0.15, 0.2) is 0 Å². The molecule has 5 heteroatoms. The normalized spacial score (nSPS) is 11.0. The van der Waals surface area contributed by atoms with Crippen molar-refractivity contribution in [1.29, 1.82) is 0 Å². The summed E-state index contributed by atoms with van der Waals surface area (Å²) in [7, 11) is -3.91. The Morgan fingerprint density at radius 1 is 1.05 bits per heavy atom. The first-order valence-electron chi connectivity index (χ1n) is 5.53. The molecule has 0 amide bonds. The van der Waals surface area contributed by atoms with Crippen LogP contribution in [-0.4, -0.2) is 8.42 Å². The monoisotopic (exact) mass is 277 g/mol. The minimum absolute atomic E-state index is 0.369. The number of hydrogen-bond acceptors (Lipinski definition) is 2. The lowest BCUT2D eigenvalue weighted by atomic mass is 10.2. The average molecular weight is 277 g/mol. The summed E-state index contributed by atoms with van der Waals surface area (Å²) in [5, 5.41) is 0.